The molecule has 0 aromatic carbocycles. The van der Waals surface area contributed by atoms with E-state index in [0.717, 1.165) is 0 Å². The zero-order valence-corrected chi connectivity index (χ0v) is 7.25. The quantitative estimate of drug-likeness (QED) is 0.301. The fourth-order valence-corrected chi connectivity index (χ4v) is 0. The minimum Gasteiger partial charge on any atom is 0 e. The van der Waals surface area contributed by atoms with Gasteiger partial charge in [-0.05, 0) is 0 Å². The number of halogens is 1. The Balaban J connectivity index is -0.0000000267. The molecule has 0 bridgehead atoms. The molecule has 0 saturated heterocycles. The van der Waals surface area contributed by atoms with E-state index in [-0.39, 0.29) is 75.2 Å². The molecule has 0 amide bonds. The molecule has 0 fully saturated rings. The van der Waals surface area contributed by atoms with Gasteiger partial charge in [-0.3, -0.25) is 0 Å². The summed E-state index contributed by atoms with van der Waals surface area (Å²) in [4.78, 5) is 29.3. The van der Waals surface area contributed by atoms with Crippen LogP contribution in [0.25, 0.3) is 0 Å². The average molecular weight is 298 g/mol. The largest absolute Gasteiger partial charge is 0 e. The van der Waals surface area contributed by atoms with Gasteiger partial charge in [0, 0.05) is 13.5 Å². The van der Waals surface area contributed by atoms with Gasteiger partial charge in [-0.1, -0.05) is 0 Å². The molecular weight excluding hydrogens is 291 g/mol. The molecule has 0 aliphatic carbocycles. The van der Waals surface area contributed by atoms with Crippen LogP contribution in [0.4, 0.5) is 0 Å². The van der Waals surface area contributed by atoms with E-state index in [9.17, 15) is 0 Å². The Labute approximate surface area is 102 Å². The molecule has 0 aromatic rings. The van der Waals surface area contributed by atoms with E-state index in [4.69, 9.17) is 19.2 Å². The van der Waals surface area contributed by atoms with Crippen molar-refractivity contribution < 1.29 is 19.2 Å². The van der Waals surface area contributed by atoms with Crippen molar-refractivity contribution in [2.75, 3.05) is 0 Å². The van der Waals surface area contributed by atoms with Crippen LogP contribution in [-0.2, 0) is 0 Å². The van der Waals surface area contributed by atoms with Crippen molar-refractivity contribution in [1.29, 1.82) is 0 Å². The van der Waals surface area contributed by atoms with Gasteiger partial charge in [0.1, 0.15) is 0 Å². The Hall–Kier alpha value is 2.40. The first-order valence-electron chi connectivity index (χ1n) is 0.894. The molecule has 0 spiro atoms. The molecule has 4 nitrogen and oxygen atoms in total. The maximum Gasteiger partial charge on any atom is 0 e. The number of hydrogen-bond acceptors (Lipinski definition) is 4. The van der Waals surface area contributed by atoms with Crippen LogP contribution in [0.5, 0.6) is 0 Å². The van der Waals surface area contributed by atoms with Gasteiger partial charge in [0.15, 0.2) is 0 Å². The van der Waals surface area contributed by atoms with Crippen LogP contribution in [0.2, 0.25) is 0 Å². The molecular formula is H7CaIO4SSi. The summed E-state index contributed by atoms with van der Waals surface area (Å²) in [5, 5.41) is 0. The molecule has 0 aliphatic rings. The minimum atomic E-state index is -4.61. The fourth-order valence-electron chi connectivity index (χ4n) is 0. The second-order valence-electron chi connectivity index (χ2n) is 0.600. The van der Waals surface area contributed by atoms with Crippen LogP contribution in [0.3, 0.4) is 0 Å². The van der Waals surface area contributed by atoms with Gasteiger partial charge < -0.3 is 19.2 Å². The normalized spacial score (nSPS) is 7.50. The molecule has 0 rings (SSSR count). The van der Waals surface area contributed by atoms with Crippen molar-refractivity contribution in [2.24, 2.45) is 0 Å². The first-order valence-corrected chi connectivity index (χ1v) is 2.68. The maximum atomic E-state index is 7.33. The van der Waals surface area contributed by atoms with E-state index < -0.39 is 9.05 Å². The van der Waals surface area contributed by atoms with Crippen molar-refractivity contribution in [3.8, 4) is 0 Å². The van der Waals surface area contributed by atoms with E-state index in [1.165, 1.54) is 0 Å². The molecule has 8 heteroatoms. The van der Waals surface area contributed by atoms with Crippen LogP contribution in [-0.4, -0.2) is 66.0 Å². The summed E-state index contributed by atoms with van der Waals surface area (Å²) >= 11 is 0. The summed E-state index contributed by atoms with van der Waals surface area (Å²) in [7, 11) is -4.61. The topological polar surface area (TPSA) is 80.9 Å². The van der Waals surface area contributed by atoms with Gasteiger partial charge in [-0.15, -0.1) is 24.0 Å². The van der Waals surface area contributed by atoms with Crippen molar-refractivity contribution in [3.63, 3.8) is 0 Å². The van der Waals surface area contributed by atoms with Gasteiger partial charge >= 0.3 is 46.8 Å². The van der Waals surface area contributed by atoms with Gasteiger partial charge in [-0.2, -0.15) is 0 Å². The van der Waals surface area contributed by atoms with E-state index in [1.807, 2.05) is 0 Å². The second kappa shape index (κ2) is 9.40. The smallest absolute Gasteiger partial charge is 0 e. The Morgan fingerprint density at radius 3 is 0.875 bits per heavy atom. The van der Waals surface area contributed by atoms with E-state index in [1.54, 1.807) is 0 Å². The Kier molecular flexibility index (Phi) is 26.4. The average Bonchev–Trinajstić information content (AvgIpc) is 0.722. The Bertz CT molecular complexity index is 31.5. The molecule has 0 aromatic heterocycles. The van der Waals surface area contributed by atoms with Gasteiger partial charge in [0.25, 0.3) is 0 Å². The zero-order chi connectivity index (χ0) is 4.50. The van der Waals surface area contributed by atoms with Crippen LogP contribution >= 0.6 is 37.5 Å². The molecule has 8 heavy (non-hydrogen) atoms. The molecule has 0 aliphatic heterocycles. The van der Waals surface area contributed by atoms with Gasteiger partial charge in [-0.25, -0.2) is 0 Å². The van der Waals surface area contributed by atoms with Crippen LogP contribution in [0, 0.1) is 0 Å². The van der Waals surface area contributed by atoms with Crippen LogP contribution in [0.15, 0.2) is 0 Å². The molecule has 0 heterocycles. The second-order valence-corrected chi connectivity index (χ2v) is 1.80. The van der Waals surface area contributed by atoms with E-state index >= 15 is 0 Å². The first-order chi connectivity index (χ1) is 2.00. The Morgan fingerprint density at radius 2 is 0.875 bits per heavy atom. The summed E-state index contributed by atoms with van der Waals surface area (Å²) in [5.41, 5.74) is 0. The summed E-state index contributed by atoms with van der Waals surface area (Å²) in [6.45, 7) is 0. The SMILES string of the molecule is I.O[Si](O)(O)O.[CaH2].[S]. The molecule has 0 unspecified atom stereocenters. The standard InChI is InChI=1S/Ca.HI.H4O4Si.S.2H/c;;1-5(2,3)4;;;/h;1H;1-4H;;;. The summed E-state index contributed by atoms with van der Waals surface area (Å²) in [6, 6.07) is 0. The van der Waals surface area contributed by atoms with Crippen LogP contribution in [0.1, 0.15) is 0 Å². The monoisotopic (exact) mass is 298 g/mol. The van der Waals surface area contributed by atoms with Crippen molar-refractivity contribution >= 4 is 84.3 Å². The number of rotatable bonds is 0. The molecule has 2 radical (unpaired) electrons. The van der Waals surface area contributed by atoms with Crippen molar-refractivity contribution in [2.45, 2.75) is 0 Å². The third kappa shape index (κ3) is 80.0. The molecule has 0 saturated carbocycles. The van der Waals surface area contributed by atoms with E-state index in [0.29, 0.717) is 0 Å². The fraction of sp³-hybridized carbons (Fsp3) is 0. The first kappa shape index (κ1) is 22.4. The maximum absolute atomic E-state index is 7.33. The summed E-state index contributed by atoms with van der Waals surface area (Å²) < 4.78 is 0. The zero-order valence-electron chi connectivity index (χ0n) is 3.11. The molecule has 50 valence electrons. The van der Waals surface area contributed by atoms with E-state index in [2.05, 4.69) is 0 Å². The third-order valence-electron chi connectivity index (χ3n) is 0. The van der Waals surface area contributed by atoms with Crippen LogP contribution < -0.4 is 0 Å². The molecule has 4 N–H and O–H groups in total. The van der Waals surface area contributed by atoms with Crippen molar-refractivity contribution in [3.05, 3.63) is 0 Å². The number of hydrogen-bond donors (Lipinski definition) is 4. The van der Waals surface area contributed by atoms with Gasteiger partial charge in [0.2, 0.25) is 0 Å². The predicted octanol–water partition coefficient (Wildman–Crippen LogP) is -2.26. The summed E-state index contributed by atoms with van der Waals surface area (Å²) in [6.07, 6.45) is 0. The third-order valence-corrected chi connectivity index (χ3v) is 0. The predicted molar refractivity (Wildman–Crippen MR) is 46.2 cm³/mol. The van der Waals surface area contributed by atoms with Crippen molar-refractivity contribution in [1.82, 2.24) is 0 Å². The summed E-state index contributed by atoms with van der Waals surface area (Å²) in [5.74, 6) is 0. The van der Waals surface area contributed by atoms with Gasteiger partial charge in [0.05, 0.1) is 0 Å². The minimum absolute atomic E-state index is 0. The molecule has 0 atom stereocenters. The Morgan fingerprint density at radius 1 is 0.875 bits per heavy atom.